The second-order valence-corrected chi connectivity index (χ2v) is 4.86. The van der Waals surface area contributed by atoms with Gasteiger partial charge < -0.3 is 15.7 Å². The minimum atomic E-state index is -4.58. The highest BCUT2D eigenvalue weighted by Gasteiger charge is 2.35. The first kappa shape index (κ1) is 14.8. The summed E-state index contributed by atoms with van der Waals surface area (Å²) in [6.07, 6.45) is -2.17. The molecule has 0 amide bonds. The number of aliphatic hydroxyl groups is 1. The maximum Gasteiger partial charge on any atom is 0.451 e. The molecule has 1 aliphatic rings. The second-order valence-electron chi connectivity index (χ2n) is 4.86. The molecule has 0 spiro atoms. The van der Waals surface area contributed by atoms with Crippen LogP contribution in [-0.2, 0) is 6.18 Å². The van der Waals surface area contributed by atoms with Gasteiger partial charge >= 0.3 is 6.18 Å². The molecule has 1 saturated carbocycles. The molecule has 0 aromatic carbocycles. The van der Waals surface area contributed by atoms with Crippen molar-refractivity contribution in [2.75, 3.05) is 17.7 Å². The molecule has 0 unspecified atom stereocenters. The molecular formula is C12H17F3N4O. The summed E-state index contributed by atoms with van der Waals surface area (Å²) >= 11 is 0. The number of aliphatic hydroxyl groups excluding tert-OH is 1. The van der Waals surface area contributed by atoms with E-state index >= 15 is 0 Å². The van der Waals surface area contributed by atoms with Gasteiger partial charge in [-0.15, -0.1) is 0 Å². The number of anilines is 2. The molecule has 20 heavy (non-hydrogen) atoms. The fourth-order valence-electron chi connectivity index (χ4n) is 2.21. The Kier molecular flexibility index (Phi) is 4.32. The molecule has 0 saturated heterocycles. The van der Waals surface area contributed by atoms with Crippen LogP contribution in [0.4, 0.5) is 24.8 Å². The lowest BCUT2D eigenvalue weighted by molar-refractivity contribution is -0.144. The molecular weight excluding hydrogens is 273 g/mol. The number of alkyl halides is 3. The van der Waals surface area contributed by atoms with E-state index in [9.17, 15) is 18.3 Å². The summed E-state index contributed by atoms with van der Waals surface area (Å²) in [7, 11) is 1.50. The molecule has 0 aliphatic heterocycles. The summed E-state index contributed by atoms with van der Waals surface area (Å²) in [4.78, 5) is 6.92. The highest BCUT2D eigenvalue weighted by atomic mass is 19.4. The van der Waals surface area contributed by atoms with Crippen molar-refractivity contribution in [1.29, 1.82) is 0 Å². The third-order valence-electron chi connectivity index (χ3n) is 3.28. The largest absolute Gasteiger partial charge is 0.451 e. The van der Waals surface area contributed by atoms with Gasteiger partial charge in [0, 0.05) is 19.2 Å². The number of halogens is 3. The smallest absolute Gasteiger partial charge is 0.393 e. The third-order valence-corrected chi connectivity index (χ3v) is 3.28. The highest BCUT2D eigenvalue weighted by Crippen LogP contribution is 2.29. The first-order chi connectivity index (χ1) is 9.38. The Morgan fingerprint density at radius 3 is 2.30 bits per heavy atom. The average molecular weight is 290 g/mol. The van der Waals surface area contributed by atoms with E-state index in [0.29, 0.717) is 25.7 Å². The van der Waals surface area contributed by atoms with Gasteiger partial charge in [-0.2, -0.15) is 13.2 Å². The highest BCUT2D eigenvalue weighted by molar-refractivity contribution is 5.48. The number of rotatable bonds is 3. The van der Waals surface area contributed by atoms with Crippen LogP contribution in [0.15, 0.2) is 6.07 Å². The van der Waals surface area contributed by atoms with Crippen LogP contribution in [0, 0.1) is 0 Å². The van der Waals surface area contributed by atoms with Crippen LogP contribution in [0.3, 0.4) is 0 Å². The number of hydrogen-bond acceptors (Lipinski definition) is 5. The number of nitrogens with zero attached hydrogens (tertiary/aromatic N) is 2. The average Bonchev–Trinajstić information content (AvgIpc) is 2.40. The SMILES string of the molecule is CNc1cc(NC2CCC(O)CC2)nc(C(F)(F)F)n1. The van der Waals surface area contributed by atoms with Crippen LogP contribution in [0.2, 0.25) is 0 Å². The van der Waals surface area contributed by atoms with Crippen LogP contribution >= 0.6 is 0 Å². The topological polar surface area (TPSA) is 70.1 Å². The second kappa shape index (κ2) is 5.82. The van der Waals surface area contributed by atoms with E-state index in [1.54, 1.807) is 0 Å². The van der Waals surface area contributed by atoms with Crippen LogP contribution in [0.1, 0.15) is 31.5 Å². The molecule has 1 aromatic heterocycles. The van der Waals surface area contributed by atoms with Gasteiger partial charge in [0.05, 0.1) is 6.10 Å². The molecule has 8 heteroatoms. The van der Waals surface area contributed by atoms with Crippen molar-refractivity contribution in [3.63, 3.8) is 0 Å². The number of hydrogen-bond donors (Lipinski definition) is 3. The molecule has 0 atom stereocenters. The fourth-order valence-corrected chi connectivity index (χ4v) is 2.21. The van der Waals surface area contributed by atoms with Crippen LogP contribution in [0.25, 0.3) is 0 Å². The summed E-state index contributed by atoms with van der Waals surface area (Å²) in [6, 6.07) is 1.47. The first-order valence-electron chi connectivity index (χ1n) is 6.47. The lowest BCUT2D eigenvalue weighted by Gasteiger charge is -2.26. The Hall–Kier alpha value is -1.57. The van der Waals surface area contributed by atoms with Gasteiger partial charge in [-0.05, 0) is 25.7 Å². The molecule has 112 valence electrons. The molecule has 1 aliphatic carbocycles. The van der Waals surface area contributed by atoms with Gasteiger partial charge in [0.25, 0.3) is 0 Å². The fraction of sp³-hybridized carbons (Fsp3) is 0.667. The third kappa shape index (κ3) is 3.72. The first-order valence-corrected chi connectivity index (χ1v) is 6.47. The Labute approximate surface area is 114 Å². The van der Waals surface area contributed by atoms with E-state index in [1.807, 2.05) is 0 Å². The van der Waals surface area contributed by atoms with Crippen LogP contribution < -0.4 is 10.6 Å². The minimum Gasteiger partial charge on any atom is -0.393 e. The lowest BCUT2D eigenvalue weighted by atomic mass is 9.93. The van der Waals surface area contributed by atoms with Crippen molar-refractivity contribution in [3.8, 4) is 0 Å². The van der Waals surface area contributed by atoms with Gasteiger partial charge in [0.15, 0.2) is 0 Å². The Morgan fingerprint density at radius 1 is 1.15 bits per heavy atom. The summed E-state index contributed by atoms with van der Waals surface area (Å²) in [5.74, 6) is -0.897. The number of nitrogens with one attached hydrogen (secondary N) is 2. The van der Waals surface area contributed by atoms with Crippen molar-refractivity contribution in [1.82, 2.24) is 9.97 Å². The zero-order valence-electron chi connectivity index (χ0n) is 11.0. The van der Waals surface area contributed by atoms with Crippen LogP contribution in [0.5, 0.6) is 0 Å². The van der Waals surface area contributed by atoms with E-state index in [2.05, 4.69) is 20.6 Å². The number of aromatic nitrogens is 2. The predicted octanol–water partition coefficient (Wildman–Crippen LogP) is 2.25. The summed E-state index contributed by atoms with van der Waals surface area (Å²) < 4.78 is 38.1. The Bertz CT molecular complexity index is 459. The predicted molar refractivity (Wildman–Crippen MR) is 68.5 cm³/mol. The Balaban J connectivity index is 2.14. The molecule has 2 rings (SSSR count). The van der Waals surface area contributed by atoms with Gasteiger partial charge in [0.1, 0.15) is 11.6 Å². The maximum absolute atomic E-state index is 12.7. The Morgan fingerprint density at radius 2 is 1.75 bits per heavy atom. The quantitative estimate of drug-likeness (QED) is 0.796. The lowest BCUT2D eigenvalue weighted by Crippen LogP contribution is -2.29. The van der Waals surface area contributed by atoms with E-state index in [0.717, 1.165) is 0 Å². The zero-order chi connectivity index (χ0) is 14.8. The monoisotopic (exact) mass is 290 g/mol. The van der Waals surface area contributed by atoms with E-state index in [4.69, 9.17) is 0 Å². The van der Waals surface area contributed by atoms with Crippen molar-refractivity contribution < 1.29 is 18.3 Å². The van der Waals surface area contributed by atoms with Gasteiger partial charge in [-0.1, -0.05) is 0 Å². The van der Waals surface area contributed by atoms with Crippen LogP contribution in [-0.4, -0.2) is 34.3 Å². The molecule has 0 radical (unpaired) electrons. The molecule has 1 aromatic rings. The summed E-state index contributed by atoms with van der Waals surface area (Å²) in [6.45, 7) is 0. The van der Waals surface area contributed by atoms with Crippen molar-refractivity contribution in [2.24, 2.45) is 0 Å². The normalized spacial score (nSPS) is 23.4. The van der Waals surface area contributed by atoms with Crippen molar-refractivity contribution in [3.05, 3.63) is 11.9 Å². The minimum absolute atomic E-state index is 0.0269. The van der Waals surface area contributed by atoms with Crippen molar-refractivity contribution in [2.45, 2.75) is 44.0 Å². The summed E-state index contributed by atoms with van der Waals surface area (Å²) in [5, 5.41) is 15.0. The zero-order valence-corrected chi connectivity index (χ0v) is 11.0. The molecule has 1 heterocycles. The van der Waals surface area contributed by atoms with E-state index in [-0.39, 0.29) is 23.8 Å². The molecule has 5 nitrogen and oxygen atoms in total. The van der Waals surface area contributed by atoms with Gasteiger partial charge in [-0.25, -0.2) is 9.97 Å². The standard InChI is InChI=1S/C12H17F3N4O/c1-16-9-6-10(19-11(18-9)12(13,14)15)17-7-2-4-8(20)5-3-7/h6-8,20H,2-5H2,1H3,(H2,16,17,18,19). The van der Waals surface area contributed by atoms with Crippen molar-refractivity contribution >= 4 is 11.6 Å². The molecule has 0 bridgehead atoms. The molecule has 3 N–H and O–H groups in total. The van der Waals surface area contributed by atoms with E-state index < -0.39 is 12.0 Å². The molecule has 1 fully saturated rings. The van der Waals surface area contributed by atoms with E-state index in [1.165, 1.54) is 13.1 Å². The summed E-state index contributed by atoms with van der Waals surface area (Å²) in [5.41, 5.74) is 0. The van der Waals surface area contributed by atoms with Gasteiger partial charge in [-0.3, -0.25) is 0 Å². The maximum atomic E-state index is 12.7. The van der Waals surface area contributed by atoms with Gasteiger partial charge in [0.2, 0.25) is 5.82 Å².